The summed E-state index contributed by atoms with van der Waals surface area (Å²) in [5, 5.41) is 3.78. The molecule has 0 saturated carbocycles. The molecule has 31 heavy (non-hydrogen) atoms. The van der Waals surface area contributed by atoms with Crippen molar-refractivity contribution in [1.82, 2.24) is 10.6 Å². The van der Waals surface area contributed by atoms with Gasteiger partial charge in [-0.15, -0.1) is 0 Å². The highest BCUT2D eigenvalue weighted by molar-refractivity contribution is 7.91. The smallest absolute Gasteiger partial charge is 0.309 e. The lowest BCUT2D eigenvalue weighted by Gasteiger charge is -2.17. The molecule has 3 aromatic rings. The Kier molecular flexibility index (Phi) is 6.91. The third-order valence-corrected chi connectivity index (χ3v) is 6.89. The standard InChI is InChI=1S/C23H24N2O5S/c1-16-5-9-18(10-6-16)14-24-22(26)23(27)25-15-21(20-4-3-13-30-20)31(28,29)19-11-7-17(2)8-12-19/h3-13,21H,14-15H2,1-2H3,(H,24,26)(H,25,27)/t21-/m1/s1. The van der Waals surface area contributed by atoms with Crippen molar-refractivity contribution >= 4 is 21.7 Å². The summed E-state index contributed by atoms with van der Waals surface area (Å²) >= 11 is 0. The molecule has 1 atom stereocenters. The van der Waals surface area contributed by atoms with Gasteiger partial charge < -0.3 is 15.1 Å². The maximum absolute atomic E-state index is 13.2. The van der Waals surface area contributed by atoms with Gasteiger partial charge in [0.2, 0.25) is 0 Å². The molecule has 162 valence electrons. The third-order valence-electron chi connectivity index (χ3n) is 4.81. The van der Waals surface area contributed by atoms with E-state index < -0.39 is 26.9 Å². The van der Waals surface area contributed by atoms with Crippen molar-refractivity contribution in [3.05, 3.63) is 89.4 Å². The Morgan fingerprint density at radius 1 is 0.871 bits per heavy atom. The van der Waals surface area contributed by atoms with E-state index in [1.54, 1.807) is 18.2 Å². The maximum atomic E-state index is 13.2. The first kappa shape index (κ1) is 22.3. The van der Waals surface area contributed by atoms with E-state index in [0.717, 1.165) is 16.7 Å². The molecule has 0 saturated heterocycles. The van der Waals surface area contributed by atoms with E-state index in [4.69, 9.17) is 4.42 Å². The zero-order valence-corrected chi connectivity index (χ0v) is 18.1. The van der Waals surface area contributed by atoms with Gasteiger partial charge in [0.15, 0.2) is 9.84 Å². The topological polar surface area (TPSA) is 105 Å². The fourth-order valence-electron chi connectivity index (χ4n) is 2.96. The first-order valence-corrected chi connectivity index (χ1v) is 11.3. The molecular weight excluding hydrogens is 416 g/mol. The summed E-state index contributed by atoms with van der Waals surface area (Å²) in [5.74, 6) is -1.57. The molecule has 0 radical (unpaired) electrons. The zero-order valence-electron chi connectivity index (χ0n) is 17.3. The van der Waals surface area contributed by atoms with Crippen molar-refractivity contribution in [1.29, 1.82) is 0 Å². The average molecular weight is 441 g/mol. The van der Waals surface area contributed by atoms with Gasteiger partial charge >= 0.3 is 11.8 Å². The van der Waals surface area contributed by atoms with E-state index in [9.17, 15) is 18.0 Å². The van der Waals surface area contributed by atoms with Crippen LogP contribution in [-0.4, -0.2) is 26.8 Å². The van der Waals surface area contributed by atoms with Crippen molar-refractivity contribution in [2.24, 2.45) is 0 Å². The molecule has 2 aromatic carbocycles. The van der Waals surface area contributed by atoms with E-state index in [0.29, 0.717) is 0 Å². The van der Waals surface area contributed by atoms with Crippen LogP contribution in [0.2, 0.25) is 0 Å². The molecule has 1 heterocycles. The second kappa shape index (κ2) is 9.61. The number of carbonyl (C=O) groups excluding carboxylic acids is 2. The Bertz CT molecular complexity index is 1140. The average Bonchev–Trinajstić information content (AvgIpc) is 3.27. The molecule has 3 rings (SSSR count). The van der Waals surface area contributed by atoms with E-state index in [2.05, 4.69) is 10.6 Å². The predicted octanol–water partition coefficient (Wildman–Crippen LogP) is 2.84. The fraction of sp³-hybridized carbons (Fsp3) is 0.217. The summed E-state index contributed by atoms with van der Waals surface area (Å²) in [6, 6.07) is 17.0. The zero-order chi connectivity index (χ0) is 22.4. The van der Waals surface area contributed by atoms with Crippen LogP contribution in [0.1, 0.15) is 27.7 Å². The first-order chi connectivity index (χ1) is 14.8. The number of carbonyl (C=O) groups is 2. The molecule has 7 nitrogen and oxygen atoms in total. The SMILES string of the molecule is Cc1ccc(CNC(=O)C(=O)NC[C@H](c2ccco2)S(=O)(=O)c2ccc(C)cc2)cc1. The van der Waals surface area contributed by atoms with Crippen LogP contribution in [0.4, 0.5) is 0 Å². The summed E-state index contributed by atoms with van der Waals surface area (Å²) in [7, 11) is -3.86. The Balaban J connectivity index is 1.68. The summed E-state index contributed by atoms with van der Waals surface area (Å²) in [6.45, 7) is 3.70. The van der Waals surface area contributed by atoms with Crippen molar-refractivity contribution in [2.45, 2.75) is 30.5 Å². The van der Waals surface area contributed by atoms with E-state index >= 15 is 0 Å². The Morgan fingerprint density at radius 2 is 1.45 bits per heavy atom. The van der Waals surface area contributed by atoms with Gasteiger partial charge in [0.05, 0.1) is 11.2 Å². The van der Waals surface area contributed by atoms with Crippen LogP contribution in [0.15, 0.2) is 76.2 Å². The highest BCUT2D eigenvalue weighted by Gasteiger charge is 2.32. The minimum Gasteiger partial charge on any atom is -0.468 e. The number of hydrogen-bond donors (Lipinski definition) is 2. The number of nitrogens with one attached hydrogen (secondary N) is 2. The molecule has 1 aromatic heterocycles. The van der Waals surface area contributed by atoms with Crippen LogP contribution in [-0.2, 0) is 26.0 Å². The minimum absolute atomic E-state index is 0.109. The number of furan rings is 1. The van der Waals surface area contributed by atoms with Gasteiger partial charge in [0.25, 0.3) is 0 Å². The molecule has 0 aliphatic rings. The molecule has 0 bridgehead atoms. The number of hydrogen-bond acceptors (Lipinski definition) is 5. The van der Waals surface area contributed by atoms with Crippen LogP contribution in [0.5, 0.6) is 0 Å². The monoisotopic (exact) mass is 440 g/mol. The van der Waals surface area contributed by atoms with Crippen LogP contribution in [0, 0.1) is 13.8 Å². The van der Waals surface area contributed by atoms with Crippen LogP contribution in [0.3, 0.4) is 0 Å². The maximum Gasteiger partial charge on any atom is 0.309 e. The van der Waals surface area contributed by atoms with Gasteiger partial charge in [-0.1, -0.05) is 47.5 Å². The van der Waals surface area contributed by atoms with E-state index in [-0.39, 0.29) is 23.7 Å². The highest BCUT2D eigenvalue weighted by atomic mass is 32.2. The van der Waals surface area contributed by atoms with Gasteiger partial charge in [-0.2, -0.15) is 0 Å². The van der Waals surface area contributed by atoms with Crippen molar-refractivity contribution in [3.8, 4) is 0 Å². The Labute approximate surface area is 181 Å². The minimum atomic E-state index is -3.86. The van der Waals surface area contributed by atoms with Crippen LogP contribution >= 0.6 is 0 Å². The summed E-state index contributed by atoms with van der Waals surface area (Å²) in [4.78, 5) is 24.5. The Morgan fingerprint density at radius 3 is 2.03 bits per heavy atom. The first-order valence-electron chi connectivity index (χ1n) is 9.73. The molecule has 0 fully saturated rings. The normalized spacial score (nSPS) is 12.2. The molecule has 2 amide bonds. The predicted molar refractivity (Wildman–Crippen MR) is 116 cm³/mol. The second-order valence-electron chi connectivity index (χ2n) is 7.24. The van der Waals surface area contributed by atoms with Crippen LogP contribution in [0.25, 0.3) is 0 Å². The van der Waals surface area contributed by atoms with Crippen LogP contribution < -0.4 is 10.6 Å². The molecule has 8 heteroatoms. The Hall–Kier alpha value is -3.39. The quantitative estimate of drug-likeness (QED) is 0.550. The highest BCUT2D eigenvalue weighted by Crippen LogP contribution is 2.29. The summed E-state index contributed by atoms with van der Waals surface area (Å²) in [5.41, 5.74) is 2.86. The van der Waals surface area contributed by atoms with Gasteiger partial charge in [-0.3, -0.25) is 9.59 Å². The van der Waals surface area contributed by atoms with Crippen molar-refractivity contribution < 1.29 is 22.4 Å². The van der Waals surface area contributed by atoms with E-state index in [1.807, 2.05) is 38.1 Å². The largest absolute Gasteiger partial charge is 0.468 e. The fourth-order valence-corrected chi connectivity index (χ4v) is 4.55. The number of amides is 2. The number of sulfone groups is 1. The van der Waals surface area contributed by atoms with Gasteiger partial charge in [-0.25, -0.2) is 8.42 Å². The summed E-state index contributed by atoms with van der Waals surface area (Å²) in [6.07, 6.45) is 1.36. The number of rotatable bonds is 7. The molecular formula is C23H24N2O5S. The van der Waals surface area contributed by atoms with E-state index in [1.165, 1.54) is 24.5 Å². The van der Waals surface area contributed by atoms with Gasteiger partial charge in [0.1, 0.15) is 11.0 Å². The van der Waals surface area contributed by atoms with Gasteiger partial charge in [-0.05, 0) is 43.7 Å². The molecule has 0 unspecified atom stereocenters. The molecule has 2 N–H and O–H groups in total. The summed E-state index contributed by atoms with van der Waals surface area (Å²) < 4.78 is 31.6. The van der Waals surface area contributed by atoms with Crippen molar-refractivity contribution in [3.63, 3.8) is 0 Å². The lowest BCUT2D eigenvalue weighted by molar-refractivity contribution is -0.139. The number of benzene rings is 2. The molecule has 0 aliphatic carbocycles. The molecule has 0 spiro atoms. The van der Waals surface area contributed by atoms with Gasteiger partial charge in [0, 0.05) is 13.1 Å². The molecule has 0 aliphatic heterocycles. The van der Waals surface area contributed by atoms with Crippen molar-refractivity contribution in [2.75, 3.05) is 6.54 Å². The lowest BCUT2D eigenvalue weighted by atomic mass is 10.1. The second-order valence-corrected chi connectivity index (χ2v) is 9.37. The number of aryl methyl sites for hydroxylation is 2. The lowest BCUT2D eigenvalue weighted by Crippen LogP contribution is -2.42. The third kappa shape index (κ3) is 5.61.